The van der Waals surface area contributed by atoms with Crippen molar-refractivity contribution in [2.75, 3.05) is 0 Å². The minimum Gasteiger partial charge on any atom is -0.289 e. The van der Waals surface area contributed by atoms with E-state index in [1.54, 1.807) is 0 Å². The zero-order valence-electron chi connectivity index (χ0n) is 23.5. The van der Waals surface area contributed by atoms with Gasteiger partial charge in [0.05, 0.1) is 0 Å². The third-order valence-electron chi connectivity index (χ3n) is 8.45. The maximum Gasteiger partial charge on any atom is 0.186 e. The average Bonchev–Trinajstić information content (AvgIpc) is 2.83. The Morgan fingerprint density at radius 2 is 0.917 bits per heavy atom. The molecule has 0 aromatic rings. The van der Waals surface area contributed by atoms with Crippen LogP contribution in [0.2, 0.25) is 0 Å². The Hall–Kier alpha value is -2.22. The molecular weight excluding hydrogens is 440 g/mol. The smallest absolute Gasteiger partial charge is 0.186 e. The molecule has 2 saturated carbocycles. The predicted octanol–water partition coefficient (Wildman–Crippen LogP) is 8.96. The van der Waals surface area contributed by atoms with Crippen LogP contribution in [0.5, 0.6) is 0 Å². The van der Waals surface area contributed by atoms with E-state index < -0.39 is 0 Å². The summed E-state index contributed by atoms with van der Waals surface area (Å²) in [5.41, 5.74) is 5.62. The van der Waals surface area contributed by atoms with Crippen LogP contribution in [-0.2, 0) is 9.59 Å². The first-order chi connectivity index (χ1) is 16.9. The third-order valence-corrected chi connectivity index (χ3v) is 8.45. The molecule has 194 valence electrons. The summed E-state index contributed by atoms with van der Waals surface area (Å²) in [6.07, 6.45) is 24.9. The fourth-order valence-corrected chi connectivity index (χ4v) is 6.28. The van der Waals surface area contributed by atoms with Gasteiger partial charge in [-0.15, -0.1) is 0 Å². The van der Waals surface area contributed by atoms with E-state index in [4.69, 9.17) is 0 Å². The minimum atomic E-state index is -0.215. The highest BCUT2D eigenvalue weighted by molar-refractivity contribution is 6.12. The van der Waals surface area contributed by atoms with Gasteiger partial charge in [-0.2, -0.15) is 0 Å². The monoisotopic (exact) mass is 486 g/mol. The van der Waals surface area contributed by atoms with Crippen molar-refractivity contribution in [3.8, 4) is 0 Å². The lowest BCUT2D eigenvalue weighted by Gasteiger charge is -2.31. The van der Waals surface area contributed by atoms with E-state index >= 15 is 0 Å². The molecular formula is C34H46O2. The van der Waals surface area contributed by atoms with E-state index in [2.05, 4.69) is 78.0 Å². The number of carbonyl (C=O) groups is 2. The average molecular weight is 487 g/mol. The van der Waals surface area contributed by atoms with Crippen molar-refractivity contribution >= 4 is 11.6 Å². The maximum atomic E-state index is 13.7. The van der Waals surface area contributed by atoms with Crippen LogP contribution in [0.25, 0.3) is 0 Å². The van der Waals surface area contributed by atoms with Crippen molar-refractivity contribution in [1.82, 2.24) is 0 Å². The summed E-state index contributed by atoms with van der Waals surface area (Å²) < 4.78 is 0. The summed E-state index contributed by atoms with van der Waals surface area (Å²) >= 11 is 0. The fraction of sp³-hybridized carbons (Fsp3) is 0.588. The van der Waals surface area contributed by atoms with E-state index in [-0.39, 0.29) is 16.6 Å². The Morgan fingerprint density at radius 1 is 0.556 bits per heavy atom. The van der Waals surface area contributed by atoms with Crippen LogP contribution in [-0.4, -0.2) is 11.6 Å². The van der Waals surface area contributed by atoms with Gasteiger partial charge in [-0.25, -0.2) is 0 Å². The molecule has 2 heteroatoms. The van der Waals surface area contributed by atoms with E-state index in [1.165, 1.54) is 38.5 Å². The van der Waals surface area contributed by atoms with Crippen molar-refractivity contribution in [1.29, 1.82) is 0 Å². The third kappa shape index (κ3) is 6.01. The van der Waals surface area contributed by atoms with Crippen LogP contribution in [0, 0.1) is 22.7 Å². The first kappa shape index (κ1) is 26.8. The zero-order valence-corrected chi connectivity index (χ0v) is 23.5. The van der Waals surface area contributed by atoms with Crippen LogP contribution >= 0.6 is 0 Å². The molecule has 4 aliphatic carbocycles. The summed E-state index contributed by atoms with van der Waals surface area (Å²) in [5.74, 6) is 1.30. The summed E-state index contributed by atoms with van der Waals surface area (Å²) in [6.45, 7) is 12.7. The molecule has 2 fully saturated rings. The Bertz CT molecular complexity index is 997. The number of ketones is 2. The zero-order chi connectivity index (χ0) is 26.1. The number of Topliss-reactive ketones (excluding diaryl/α,β-unsaturated/α-hetero) is 2. The van der Waals surface area contributed by atoms with Crippen molar-refractivity contribution in [3.05, 3.63) is 69.9 Å². The number of allylic oxidation sites excluding steroid dienone is 12. The van der Waals surface area contributed by atoms with Gasteiger partial charge in [0.15, 0.2) is 11.6 Å². The standard InChI is InChI=1S/C34H46O2/c1-33(2,3)29-21-24(22-30(32(29)36)34(4,5)6)18-17-23-19-27(25-13-9-7-10-14-25)31(35)28(20-23)26-15-11-8-12-16-26/h17-22,25-26H,7-16H2,1-6H3. The Labute approximate surface area is 219 Å². The van der Waals surface area contributed by atoms with Crippen LogP contribution in [0.3, 0.4) is 0 Å². The fourth-order valence-electron chi connectivity index (χ4n) is 6.28. The normalized spacial score (nSPS) is 23.2. The van der Waals surface area contributed by atoms with Gasteiger partial charge < -0.3 is 0 Å². The van der Waals surface area contributed by atoms with Crippen molar-refractivity contribution < 1.29 is 9.59 Å². The van der Waals surface area contributed by atoms with Crippen molar-refractivity contribution in [3.63, 3.8) is 0 Å². The van der Waals surface area contributed by atoms with Crippen LogP contribution in [0.4, 0.5) is 0 Å². The summed E-state index contributed by atoms with van der Waals surface area (Å²) in [7, 11) is 0. The molecule has 0 aromatic heterocycles. The van der Waals surface area contributed by atoms with E-state index in [1.807, 2.05) is 0 Å². The highest BCUT2D eigenvalue weighted by atomic mass is 16.1. The summed E-state index contributed by atoms with van der Waals surface area (Å²) in [6, 6.07) is 0. The first-order valence-corrected chi connectivity index (χ1v) is 14.3. The molecule has 4 aliphatic rings. The van der Waals surface area contributed by atoms with Gasteiger partial charge in [0, 0.05) is 22.3 Å². The van der Waals surface area contributed by atoms with Gasteiger partial charge >= 0.3 is 0 Å². The molecule has 0 N–H and O–H groups in total. The second-order valence-electron chi connectivity index (χ2n) is 13.5. The Morgan fingerprint density at radius 3 is 1.28 bits per heavy atom. The van der Waals surface area contributed by atoms with Crippen molar-refractivity contribution in [2.24, 2.45) is 22.7 Å². The number of hydrogen-bond donors (Lipinski definition) is 0. The molecule has 4 rings (SSSR count). The van der Waals surface area contributed by atoms with Gasteiger partial charge in [0.1, 0.15) is 0 Å². The molecule has 0 aromatic carbocycles. The molecule has 0 saturated heterocycles. The van der Waals surface area contributed by atoms with Gasteiger partial charge in [0.2, 0.25) is 0 Å². The van der Waals surface area contributed by atoms with E-state index in [0.29, 0.717) is 17.6 Å². The second kappa shape index (κ2) is 10.6. The van der Waals surface area contributed by atoms with Crippen molar-refractivity contribution in [2.45, 2.75) is 106 Å². The van der Waals surface area contributed by atoms with E-state index in [0.717, 1.165) is 59.1 Å². The lowest BCUT2D eigenvalue weighted by atomic mass is 9.71. The highest BCUT2D eigenvalue weighted by Gasteiger charge is 2.34. The van der Waals surface area contributed by atoms with Crippen LogP contribution in [0.1, 0.15) is 106 Å². The predicted molar refractivity (Wildman–Crippen MR) is 151 cm³/mol. The number of rotatable bonds is 3. The first-order valence-electron chi connectivity index (χ1n) is 14.3. The lowest BCUT2D eigenvalue weighted by Crippen LogP contribution is -2.27. The molecule has 0 spiro atoms. The molecule has 0 heterocycles. The largest absolute Gasteiger partial charge is 0.289 e. The molecule has 2 nitrogen and oxygen atoms in total. The highest BCUT2D eigenvalue weighted by Crippen LogP contribution is 2.41. The lowest BCUT2D eigenvalue weighted by molar-refractivity contribution is -0.114. The number of carbonyl (C=O) groups excluding carboxylic acids is 2. The molecule has 0 unspecified atom stereocenters. The molecule has 0 bridgehead atoms. The quantitative estimate of drug-likeness (QED) is 0.399. The van der Waals surface area contributed by atoms with Gasteiger partial charge in [-0.1, -0.05) is 92.2 Å². The second-order valence-corrected chi connectivity index (χ2v) is 13.5. The SMILES string of the molecule is CC(C)(C)C1=CC(=CC=C2C=C(C3CCCCC3)C(=O)C(C3CCCCC3)=C2)C=C(C(C)(C)C)C1=O. The summed E-state index contributed by atoms with van der Waals surface area (Å²) in [5, 5.41) is 0. The minimum absolute atomic E-state index is 0.169. The van der Waals surface area contributed by atoms with Gasteiger partial charge in [-0.3, -0.25) is 9.59 Å². The maximum absolute atomic E-state index is 13.7. The Kier molecular flexibility index (Phi) is 7.93. The van der Waals surface area contributed by atoms with Gasteiger partial charge in [0.25, 0.3) is 0 Å². The molecule has 0 atom stereocenters. The number of hydrogen-bond acceptors (Lipinski definition) is 2. The molecule has 0 amide bonds. The molecule has 0 aliphatic heterocycles. The van der Waals surface area contributed by atoms with E-state index in [9.17, 15) is 9.59 Å². The van der Waals surface area contributed by atoms with Crippen LogP contribution in [0.15, 0.2) is 69.9 Å². The topological polar surface area (TPSA) is 34.1 Å². The Balaban J connectivity index is 1.75. The molecule has 36 heavy (non-hydrogen) atoms. The molecule has 0 radical (unpaired) electrons. The van der Waals surface area contributed by atoms with Crippen LogP contribution < -0.4 is 0 Å². The summed E-state index contributed by atoms with van der Waals surface area (Å²) in [4.78, 5) is 27.0. The van der Waals surface area contributed by atoms with Gasteiger partial charge in [-0.05, 0) is 83.8 Å².